The second-order valence-electron chi connectivity index (χ2n) is 4.99. The molecular weight excluding hydrogens is 210 g/mol. The molecule has 0 saturated heterocycles. The van der Waals surface area contributed by atoms with E-state index in [4.69, 9.17) is 0 Å². The Balaban J connectivity index is 2.62. The smallest absolute Gasteiger partial charge is 0.120 e. The normalized spacial score (nSPS) is 14.6. The van der Waals surface area contributed by atoms with Gasteiger partial charge in [0.25, 0.3) is 0 Å². The number of nitrogens with one attached hydrogen (secondary N) is 1. The van der Waals surface area contributed by atoms with Crippen molar-refractivity contribution in [3.63, 3.8) is 0 Å². The summed E-state index contributed by atoms with van der Waals surface area (Å²) in [6, 6.07) is 6.46. The molecule has 1 aromatic carbocycles. The van der Waals surface area contributed by atoms with Gasteiger partial charge in [0, 0.05) is 17.6 Å². The summed E-state index contributed by atoms with van der Waals surface area (Å²) in [6.07, 6.45) is 3.67. The fourth-order valence-electron chi connectivity index (χ4n) is 2.13. The fraction of sp³-hybridized carbons (Fsp3) is 0.600. The molecule has 1 aromatic rings. The van der Waals surface area contributed by atoms with Crippen LogP contribution < -0.4 is 5.32 Å². The predicted octanol–water partition coefficient (Wildman–Crippen LogP) is 3.93. The Hall–Kier alpha value is -1.02. The molecule has 2 unspecified atom stereocenters. The molecule has 0 bridgehead atoms. The number of hydrogen-bond donors (Lipinski definition) is 2. The summed E-state index contributed by atoms with van der Waals surface area (Å²) in [7, 11) is 0. The topological polar surface area (TPSA) is 32.3 Å². The molecule has 2 heteroatoms. The van der Waals surface area contributed by atoms with E-state index in [1.165, 1.54) is 24.8 Å². The first kappa shape index (κ1) is 14.0. The van der Waals surface area contributed by atoms with E-state index in [2.05, 4.69) is 39.1 Å². The lowest BCUT2D eigenvalue weighted by Crippen LogP contribution is -2.28. The van der Waals surface area contributed by atoms with Gasteiger partial charge in [-0.2, -0.15) is 0 Å². The van der Waals surface area contributed by atoms with Gasteiger partial charge >= 0.3 is 0 Å². The molecule has 0 fully saturated rings. The van der Waals surface area contributed by atoms with Crippen LogP contribution in [0.15, 0.2) is 18.2 Å². The first-order chi connectivity index (χ1) is 8.04. The van der Waals surface area contributed by atoms with Crippen LogP contribution in [-0.2, 0) is 0 Å². The SMILES string of the molecule is CCCCC(C)NC(C)c1cc(C)ccc1O. The average molecular weight is 235 g/mol. The molecule has 2 N–H and O–H groups in total. The summed E-state index contributed by atoms with van der Waals surface area (Å²) >= 11 is 0. The number of benzene rings is 1. The number of unbranched alkanes of at least 4 members (excludes halogenated alkanes) is 1. The van der Waals surface area contributed by atoms with Crippen molar-refractivity contribution >= 4 is 0 Å². The van der Waals surface area contributed by atoms with Crippen molar-refractivity contribution in [2.45, 2.75) is 59.0 Å². The van der Waals surface area contributed by atoms with Crippen molar-refractivity contribution in [2.24, 2.45) is 0 Å². The van der Waals surface area contributed by atoms with Gasteiger partial charge in [0.05, 0.1) is 0 Å². The van der Waals surface area contributed by atoms with Gasteiger partial charge in [0.2, 0.25) is 0 Å². The van der Waals surface area contributed by atoms with Crippen LogP contribution in [-0.4, -0.2) is 11.1 Å². The summed E-state index contributed by atoms with van der Waals surface area (Å²) in [5.41, 5.74) is 2.18. The quantitative estimate of drug-likeness (QED) is 0.783. The minimum atomic E-state index is 0.196. The van der Waals surface area contributed by atoms with Crippen LogP contribution in [0.1, 0.15) is 57.2 Å². The van der Waals surface area contributed by atoms with Crippen LogP contribution in [0.25, 0.3) is 0 Å². The van der Waals surface area contributed by atoms with Crippen molar-refractivity contribution in [1.82, 2.24) is 5.32 Å². The molecule has 17 heavy (non-hydrogen) atoms. The molecule has 0 spiro atoms. The third kappa shape index (κ3) is 4.39. The highest BCUT2D eigenvalue weighted by atomic mass is 16.3. The Morgan fingerprint density at radius 2 is 2.00 bits per heavy atom. The van der Waals surface area contributed by atoms with Crippen molar-refractivity contribution in [2.75, 3.05) is 0 Å². The predicted molar refractivity (Wildman–Crippen MR) is 73.4 cm³/mol. The highest BCUT2D eigenvalue weighted by Gasteiger charge is 2.12. The lowest BCUT2D eigenvalue weighted by atomic mass is 10.0. The molecule has 0 radical (unpaired) electrons. The Labute approximate surface area is 105 Å². The summed E-state index contributed by atoms with van der Waals surface area (Å²) in [6.45, 7) is 8.58. The molecule has 1 rings (SSSR count). The van der Waals surface area contributed by atoms with Gasteiger partial charge in [-0.05, 0) is 33.3 Å². The van der Waals surface area contributed by atoms with Crippen molar-refractivity contribution in [3.05, 3.63) is 29.3 Å². The molecule has 2 atom stereocenters. The Morgan fingerprint density at radius 1 is 1.29 bits per heavy atom. The zero-order chi connectivity index (χ0) is 12.8. The molecule has 0 amide bonds. The van der Waals surface area contributed by atoms with Crippen molar-refractivity contribution < 1.29 is 5.11 Å². The second kappa shape index (κ2) is 6.65. The molecule has 0 heterocycles. The Bertz CT molecular complexity index is 349. The fourth-order valence-corrected chi connectivity index (χ4v) is 2.13. The molecule has 0 saturated carbocycles. The maximum Gasteiger partial charge on any atom is 0.120 e. The lowest BCUT2D eigenvalue weighted by Gasteiger charge is -2.21. The molecular formula is C15H25NO. The number of aryl methyl sites for hydroxylation is 1. The third-order valence-corrected chi connectivity index (χ3v) is 3.17. The second-order valence-corrected chi connectivity index (χ2v) is 4.99. The molecule has 0 aromatic heterocycles. The van der Waals surface area contributed by atoms with Gasteiger partial charge in [0.1, 0.15) is 5.75 Å². The van der Waals surface area contributed by atoms with Crippen LogP contribution >= 0.6 is 0 Å². The van der Waals surface area contributed by atoms with E-state index in [9.17, 15) is 5.11 Å². The van der Waals surface area contributed by atoms with E-state index in [-0.39, 0.29) is 6.04 Å². The van der Waals surface area contributed by atoms with Crippen LogP contribution in [0.4, 0.5) is 0 Å². The van der Waals surface area contributed by atoms with Crippen LogP contribution in [0, 0.1) is 6.92 Å². The van der Waals surface area contributed by atoms with Crippen LogP contribution in [0.5, 0.6) is 5.75 Å². The highest BCUT2D eigenvalue weighted by molar-refractivity contribution is 5.37. The van der Waals surface area contributed by atoms with Crippen LogP contribution in [0.3, 0.4) is 0 Å². The van der Waals surface area contributed by atoms with E-state index >= 15 is 0 Å². The van der Waals surface area contributed by atoms with Gasteiger partial charge in [-0.25, -0.2) is 0 Å². The standard InChI is InChI=1S/C15H25NO/c1-5-6-7-12(3)16-13(4)14-10-11(2)8-9-15(14)17/h8-10,12-13,16-17H,5-7H2,1-4H3. The zero-order valence-electron chi connectivity index (χ0n) is 11.5. The van der Waals surface area contributed by atoms with Gasteiger partial charge < -0.3 is 10.4 Å². The number of hydrogen-bond acceptors (Lipinski definition) is 2. The van der Waals surface area contributed by atoms with E-state index in [0.29, 0.717) is 11.8 Å². The first-order valence-electron chi connectivity index (χ1n) is 6.60. The number of aromatic hydroxyl groups is 1. The lowest BCUT2D eigenvalue weighted by molar-refractivity contribution is 0.419. The molecule has 0 aliphatic carbocycles. The molecule has 2 nitrogen and oxygen atoms in total. The summed E-state index contributed by atoms with van der Waals surface area (Å²) < 4.78 is 0. The number of phenols is 1. The van der Waals surface area contributed by atoms with Gasteiger partial charge in [-0.15, -0.1) is 0 Å². The average Bonchev–Trinajstić information content (AvgIpc) is 2.29. The summed E-state index contributed by atoms with van der Waals surface area (Å²) in [5.74, 6) is 0.387. The molecule has 0 aliphatic heterocycles. The maximum atomic E-state index is 9.85. The Kier molecular flexibility index (Phi) is 5.49. The van der Waals surface area contributed by atoms with Gasteiger partial charge in [0.15, 0.2) is 0 Å². The third-order valence-electron chi connectivity index (χ3n) is 3.17. The number of rotatable bonds is 6. The molecule has 0 aliphatic rings. The van der Waals surface area contributed by atoms with E-state index in [1.807, 2.05) is 6.07 Å². The van der Waals surface area contributed by atoms with Gasteiger partial charge in [-0.3, -0.25) is 0 Å². The molecule has 96 valence electrons. The van der Waals surface area contributed by atoms with E-state index in [1.54, 1.807) is 6.07 Å². The minimum Gasteiger partial charge on any atom is -0.508 e. The number of phenolic OH excluding ortho intramolecular Hbond substituents is 1. The van der Waals surface area contributed by atoms with Crippen molar-refractivity contribution in [1.29, 1.82) is 0 Å². The minimum absolute atomic E-state index is 0.196. The monoisotopic (exact) mass is 235 g/mol. The maximum absolute atomic E-state index is 9.85. The van der Waals surface area contributed by atoms with Gasteiger partial charge in [-0.1, -0.05) is 37.5 Å². The van der Waals surface area contributed by atoms with E-state index in [0.717, 1.165) is 5.56 Å². The summed E-state index contributed by atoms with van der Waals surface area (Å²) in [5, 5.41) is 13.4. The van der Waals surface area contributed by atoms with Crippen LogP contribution in [0.2, 0.25) is 0 Å². The van der Waals surface area contributed by atoms with E-state index < -0.39 is 0 Å². The summed E-state index contributed by atoms with van der Waals surface area (Å²) in [4.78, 5) is 0. The highest BCUT2D eigenvalue weighted by Crippen LogP contribution is 2.25. The first-order valence-corrected chi connectivity index (χ1v) is 6.60. The Morgan fingerprint density at radius 3 is 2.65 bits per heavy atom. The largest absolute Gasteiger partial charge is 0.508 e. The zero-order valence-corrected chi connectivity index (χ0v) is 11.5. The van der Waals surface area contributed by atoms with Crippen molar-refractivity contribution in [3.8, 4) is 5.75 Å².